The van der Waals surface area contributed by atoms with Crippen molar-refractivity contribution in [1.29, 1.82) is 0 Å². The van der Waals surface area contributed by atoms with Gasteiger partial charge in [0.15, 0.2) is 0 Å². The van der Waals surface area contributed by atoms with E-state index in [1.165, 1.54) is 5.57 Å². The molecule has 0 radical (unpaired) electrons. The molecule has 0 amide bonds. The number of hydrogen-bond donors (Lipinski definition) is 1. The molecule has 1 aliphatic rings. The van der Waals surface area contributed by atoms with Gasteiger partial charge < -0.3 is 9.84 Å². The largest absolute Gasteiger partial charge is 0.492 e. The van der Waals surface area contributed by atoms with Gasteiger partial charge in [0.1, 0.15) is 12.4 Å². The van der Waals surface area contributed by atoms with E-state index in [9.17, 15) is 5.11 Å². The number of likely N-dealkylation sites (tertiary alicyclic amines) is 1. The predicted octanol–water partition coefficient (Wildman–Crippen LogP) is 2.86. The molecule has 1 fully saturated rings. The maximum atomic E-state index is 9.63. The second kappa shape index (κ2) is 7.46. The maximum Gasteiger partial charge on any atom is 0.119 e. The van der Waals surface area contributed by atoms with Gasteiger partial charge in [0, 0.05) is 13.1 Å². The van der Waals surface area contributed by atoms with Crippen molar-refractivity contribution in [3.8, 4) is 5.75 Å². The first-order chi connectivity index (χ1) is 9.65. The highest BCUT2D eigenvalue weighted by atomic mass is 16.5. The molecule has 0 saturated carbocycles. The van der Waals surface area contributed by atoms with Crippen molar-refractivity contribution in [3.63, 3.8) is 0 Å². The first-order valence-corrected chi connectivity index (χ1v) is 7.40. The molecule has 0 spiro atoms. The lowest BCUT2D eigenvalue weighted by atomic mass is 10.0. The smallest absolute Gasteiger partial charge is 0.119 e. The highest BCUT2D eigenvalue weighted by molar-refractivity contribution is 5.21. The normalized spacial score (nSPS) is 18.6. The van der Waals surface area contributed by atoms with Gasteiger partial charge in [-0.15, -0.1) is 0 Å². The van der Waals surface area contributed by atoms with E-state index >= 15 is 0 Å². The molecule has 1 saturated heterocycles. The summed E-state index contributed by atoms with van der Waals surface area (Å²) >= 11 is 0. The zero-order valence-electron chi connectivity index (χ0n) is 12.5. The van der Waals surface area contributed by atoms with Crippen molar-refractivity contribution < 1.29 is 9.84 Å². The Hall–Kier alpha value is -1.32. The minimum Gasteiger partial charge on any atom is -0.492 e. The molecule has 3 nitrogen and oxygen atoms in total. The molecule has 1 aromatic rings. The number of benzene rings is 1. The SMILES string of the molecule is CC(C)=CC(COc1ccccc1)N1CCC(O)CC1. The summed E-state index contributed by atoms with van der Waals surface area (Å²) in [4.78, 5) is 2.41. The molecule has 1 aliphatic heterocycles. The van der Waals surface area contributed by atoms with Crippen LogP contribution in [0.4, 0.5) is 0 Å². The van der Waals surface area contributed by atoms with Crippen LogP contribution in [0.5, 0.6) is 5.75 Å². The third-order valence-electron chi connectivity index (χ3n) is 3.66. The minimum atomic E-state index is -0.131. The van der Waals surface area contributed by atoms with Crippen LogP contribution in [0.3, 0.4) is 0 Å². The van der Waals surface area contributed by atoms with Crippen LogP contribution in [0.2, 0.25) is 0 Å². The molecule has 2 rings (SSSR count). The Morgan fingerprint density at radius 1 is 1.30 bits per heavy atom. The van der Waals surface area contributed by atoms with E-state index in [0.717, 1.165) is 31.7 Å². The quantitative estimate of drug-likeness (QED) is 0.839. The lowest BCUT2D eigenvalue weighted by molar-refractivity contribution is 0.0587. The number of allylic oxidation sites excluding steroid dienone is 1. The second-order valence-corrected chi connectivity index (χ2v) is 5.70. The van der Waals surface area contributed by atoms with Crippen molar-refractivity contribution in [2.75, 3.05) is 19.7 Å². The molecule has 1 atom stereocenters. The van der Waals surface area contributed by atoms with Gasteiger partial charge >= 0.3 is 0 Å². The third-order valence-corrected chi connectivity index (χ3v) is 3.66. The average Bonchev–Trinajstić information content (AvgIpc) is 2.45. The van der Waals surface area contributed by atoms with Gasteiger partial charge in [-0.25, -0.2) is 0 Å². The van der Waals surface area contributed by atoms with Crippen LogP contribution in [0.25, 0.3) is 0 Å². The van der Waals surface area contributed by atoms with E-state index in [2.05, 4.69) is 24.8 Å². The highest BCUT2D eigenvalue weighted by Crippen LogP contribution is 2.17. The summed E-state index contributed by atoms with van der Waals surface area (Å²) in [5.41, 5.74) is 1.30. The molecule has 1 unspecified atom stereocenters. The molecule has 110 valence electrons. The van der Waals surface area contributed by atoms with Gasteiger partial charge in [-0.1, -0.05) is 29.8 Å². The zero-order chi connectivity index (χ0) is 14.4. The van der Waals surface area contributed by atoms with Crippen molar-refractivity contribution in [2.45, 2.75) is 38.8 Å². The predicted molar refractivity (Wildman–Crippen MR) is 82.0 cm³/mol. The Balaban J connectivity index is 1.95. The number of rotatable bonds is 5. The standard InChI is InChI=1S/C17H25NO2/c1-14(2)12-15(18-10-8-16(19)9-11-18)13-20-17-6-4-3-5-7-17/h3-7,12,15-16,19H,8-11,13H2,1-2H3. The minimum absolute atomic E-state index is 0.131. The first-order valence-electron chi connectivity index (χ1n) is 7.40. The molecule has 20 heavy (non-hydrogen) atoms. The summed E-state index contributed by atoms with van der Waals surface area (Å²) in [7, 11) is 0. The lowest BCUT2D eigenvalue weighted by Gasteiger charge is -2.35. The van der Waals surface area contributed by atoms with Crippen LogP contribution in [0, 0.1) is 0 Å². The summed E-state index contributed by atoms with van der Waals surface area (Å²) in [5.74, 6) is 0.914. The molecule has 1 N–H and O–H groups in total. The van der Waals surface area contributed by atoms with Crippen molar-refractivity contribution in [2.24, 2.45) is 0 Å². The number of para-hydroxylation sites is 1. The fourth-order valence-electron chi connectivity index (χ4n) is 2.56. The number of aliphatic hydroxyl groups is 1. The van der Waals surface area contributed by atoms with Crippen LogP contribution in [0.1, 0.15) is 26.7 Å². The van der Waals surface area contributed by atoms with E-state index < -0.39 is 0 Å². The molecule has 1 heterocycles. The fourth-order valence-corrected chi connectivity index (χ4v) is 2.56. The van der Waals surface area contributed by atoms with Gasteiger partial charge in [-0.3, -0.25) is 4.90 Å². The number of aliphatic hydroxyl groups excluding tert-OH is 1. The lowest BCUT2D eigenvalue weighted by Crippen LogP contribution is -2.44. The van der Waals surface area contributed by atoms with Gasteiger partial charge in [0.2, 0.25) is 0 Å². The zero-order valence-corrected chi connectivity index (χ0v) is 12.5. The van der Waals surface area contributed by atoms with Gasteiger partial charge in [0.25, 0.3) is 0 Å². The van der Waals surface area contributed by atoms with E-state index in [-0.39, 0.29) is 12.1 Å². The number of ether oxygens (including phenoxy) is 1. The van der Waals surface area contributed by atoms with E-state index in [1.54, 1.807) is 0 Å². The summed E-state index contributed by atoms with van der Waals surface area (Å²) < 4.78 is 5.90. The molecule has 0 aromatic heterocycles. The number of nitrogens with zero attached hydrogens (tertiary/aromatic N) is 1. The Kier molecular flexibility index (Phi) is 5.62. The highest BCUT2D eigenvalue weighted by Gasteiger charge is 2.23. The van der Waals surface area contributed by atoms with Crippen LogP contribution in [-0.4, -0.2) is 41.8 Å². The molecule has 3 heteroatoms. The van der Waals surface area contributed by atoms with Crippen LogP contribution >= 0.6 is 0 Å². The molecular formula is C17H25NO2. The second-order valence-electron chi connectivity index (χ2n) is 5.70. The van der Waals surface area contributed by atoms with Crippen LogP contribution < -0.4 is 4.74 Å². The Morgan fingerprint density at radius 2 is 1.95 bits per heavy atom. The van der Waals surface area contributed by atoms with Gasteiger partial charge in [-0.2, -0.15) is 0 Å². The van der Waals surface area contributed by atoms with Crippen molar-refractivity contribution in [1.82, 2.24) is 4.90 Å². The van der Waals surface area contributed by atoms with E-state index in [1.807, 2.05) is 30.3 Å². The Bertz CT molecular complexity index is 418. The molecule has 0 aliphatic carbocycles. The van der Waals surface area contributed by atoms with Gasteiger partial charge in [-0.05, 0) is 38.8 Å². The average molecular weight is 275 g/mol. The number of hydrogen-bond acceptors (Lipinski definition) is 3. The van der Waals surface area contributed by atoms with E-state index in [0.29, 0.717) is 6.61 Å². The molecule has 0 bridgehead atoms. The fraction of sp³-hybridized carbons (Fsp3) is 0.529. The van der Waals surface area contributed by atoms with Crippen LogP contribution in [-0.2, 0) is 0 Å². The Morgan fingerprint density at radius 3 is 2.55 bits per heavy atom. The maximum absolute atomic E-state index is 9.63. The summed E-state index contributed by atoms with van der Waals surface area (Å²) in [5, 5.41) is 9.63. The summed E-state index contributed by atoms with van der Waals surface area (Å²) in [6.45, 7) is 6.77. The first kappa shape index (κ1) is 15.1. The van der Waals surface area contributed by atoms with Crippen LogP contribution in [0.15, 0.2) is 42.0 Å². The van der Waals surface area contributed by atoms with E-state index in [4.69, 9.17) is 4.74 Å². The number of piperidine rings is 1. The topological polar surface area (TPSA) is 32.7 Å². The summed E-state index contributed by atoms with van der Waals surface area (Å²) in [6, 6.07) is 10.2. The molecular weight excluding hydrogens is 250 g/mol. The third kappa shape index (κ3) is 4.66. The summed E-state index contributed by atoms with van der Waals surface area (Å²) in [6.07, 6.45) is 3.85. The van der Waals surface area contributed by atoms with Crippen molar-refractivity contribution in [3.05, 3.63) is 42.0 Å². The monoisotopic (exact) mass is 275 g/mol. The Labute approximate surface area is 121 Å². The van der Waals surface area contributed by atoms with Gasteiger partial charge in [0.05, 0.1) is 12.1 Å². The molecule has 1 aromatic carbocycles. The van der Waals surface area contributed by atoms with Crippen molar-refractivity contribution >= 4 is 0 Å².